The van der Waals surface area contributed by atoms with Crippen LogP contribution in [0.15, 0.2) is 18.2 Å². The van der Waals surface area contributed by atoms with Crippen molar-refractivity contribution in [2.45, 2.75) is 33.1 Å². The Kier molecular flexibility index (Phi) is 5.27. The Morgan fingerprint density at radius 1 is 1.38 bits per heavy atom. The van der Waals surface area contributed by atoms with E-state index in [0.29, 0.717) is 16.4 Å². The Hall–Kier alpha value is -1.95. The minimum Gasteiger partial charge on any atom is -0.496 e. The summed E-state index contributed by atoms with van der Waals surface area (Å²) in [5, 5.41) is 12.3. The van der Waals surface area contributed by atoms with Gasteiger partial charge in [0.05, 0.1) is 7.11 Å². The third-order valence-electron chi connectivity index (χ3n) is 3.10. The van der Waals surface area contributed by atoms with Gasteiger partial charge in [-0.2, -0.15) is 0 Å². The minimum atomic E-state index is -0.202. The number of nitrogens with one attached hydrogen (secondary N) is 1. The second kappa shape index (κ2) is 7.17. The van der Waals surface area contributed by atoms with Crippen molar-refractivity contribution in [1.82, 2.24) is 10.2 Å². The summed E-state index contributed by atoms with van der Waals surface area (Å²) in [6.07, 6.45) is 3.10. The summed E-state index contributed by atoms with van der Waals surface area (Å²) in [4.78, 5) is 12.2. The molecule has 0 atom stereocenters. The molecule has 2 aromatic rings. The lowest BCUT2D eigenvalue weighted by Crippen LogP contribution is -2.12. The van der Waals surface area contributed by atoms with E-state index in [0.717, 1.165) is 29.8 Å². The summed E-state index contributed by atoms with van der Waals surface area (Å²) in [5.41, 5.74) is 1.54. The number of anilines is 1. The van der Waals surface area contributed by atoms with Gasteiger partial charge in [0.15, 0.2) is 0 Å². The van der Waals surface area contributed by atoms with Gasteiger partial charge >= 0.3 is 0 Å². The van der Waals surface area contributed by atoms with Gasteiger partial charge in [0.1, 0.15) is 10.8 Å². The molecule has 6 heteroatoms. The van der Waals surface area contributed by atoms with Crippen LogP contribution in [0.25, 0.3) is 0 Å². The quantitative estimate of drug-likeness (QED) is 0.888. The van der Waals surface area contributed by atoms with Crippen molar-refractivity contribution >= 4 is 22.4 Å². The van der Waals surface area contributed by atoms with Crippen molar-refractivity contribution in [3.8, 4) is 5.75 Å². The second-order valence-electron chi connectivity index (χ2n) is 4.74. The Balaban J connectivity index is 2.05. The molecule has 1 N–H and O–H groups in total. The number of hydrogen-bond donors (Lipinski definition) is 1. The SMILES string of the molecule is CCCCc1nnc(NC(=O)c2ccc(C)c(OC)c2)s1. The first-order chi connectivity index (χ1) is 10.1. The first-order valence-corrected chi connectivity index (χ1v) is 7.74. The van der Waals surface area contributed by atoms with E-state index in [9.17, 15) is 4.79 Å². The fourth-order valence-electron chi connectivity index (χ4n) is 1.86. The van der Waals surface area contributed by atoms with E-state index in [2.05, 4.69) is 22.4 Å². The summed E-state index contributed by atoms with van der Waals surface area (Å²) in [7, 11) is 1.59. The van der Waals surface area contributed by atoms with Gasteiger partial charge in [0.25, 0.3) is 5.91 Å². The number of ether oxygens (including phenoxy) is 1. The van der Waals surface area contributed by atoms with Crippen LogP contribution in [0.4, 0.5) is 5.13 Å². The maximum Gasteiger partial charge on any atom is 0.257 e. The van der Waals surface area contributed by atoms with Gasteiger partial charge in [0.2, 0.25) is 5.13 Å². The number of hydrogen-bond acceptors (Lipinski definition) is 5. The van der Waals surface area contributed by atoms with Crippen LogP contribution in [0, 0.1) is 6.92 Å². The van der Waals surface area contributed by atoms with Crippen molar-refractivity contribution in [2.24, 2.45) is 0 Å². The number of carbonyl (C=O) groups is 1. The fourth-order valence-corrected chi connectivity index (χ4v) is 2.64. The second-order valence-corrected chi connectivity index (χ2v) is 5.81. The molecule has 0 fully saturated rings. The molecule has 0 saturated heterocycles. The lowest BCUT2D eigenvalue weighted by Gasteiger charge is -2.07. The molecule has 2 rings (SSSR count). The van der Waals surface area contributed by atoms with E-state index in [-0.39, 0.29) is 5.91 Å². The van der Waals surface area contributed by atoms with Gasteiger partial charge in [0, 0.05) is 12.0 Å². The first kappa shape index (κ1) is 15.4. The average molecular weight is 305 g/mol. The zero-order valence-corrected chi connectivity index (χ0v) is 13.3. The summed E-state index contributed by atoms with van der Waals surface area (Å²) >= 11 is 1.42. The van der Waals surface area contributed by atoms with Gasteiger partial charge in [-0.05, 0) is 31.0 Å². The van der Waals surface area contributed by atoms with Gasteiger partial charge < -0.3 is 4.74 Å². The Morgan fingerprint density at radius 2 is 2.19 bits per heavy atom. The molecule has 1 heterocycles. The molecule has 0 bridgehead atoms. The van der Waals surface area contributed by atoms with Crippen LogP contribution in [0.2, 0.25) is 0 Å². The highest BCUT2D eigenvalue weighted by atomic mass is 32.1. The molecule has 1 aromatic heterocycles. The van der Waals surface area contributed by atoms with E-state index in [1.807, 2.05) is 13.0 Å². The number of benzene rings is 1. The highest BCUT2D eigenvalue weighted by Crippen LogP contribution is 2.21. The molecule has 0 aliphatic heterocycles. The van der Waals surface area contributed by atoms with Crippen LogP contribution in [0.5, 0.6) is 5.75 Å². The van der Waals surface area contributed by atoms with Gasteiger partial charge in [-0.25, -0.2) is 0 Å². The number of methoxy groups -OCH3 is 1. The maximum absolute atomic E-state index is 12.2. The predicted molar refractivity (Wildman–Crippen MR) is 84.2 cm³/mol. The monoisotopic (exact) mass is 305 g/mol. The lowest BCUT2D eigenvalue weighted by atomic mass is 10.1. The van der Waals surface area contributed by atoms with Crippen molar-refractivity contribution in [3.63, 3.8) is 0 Å². The molecule has 112 valence electrons. The molecular weight excluding hydrogens is 286 g/mol. The zero-order valence-electron chi connectivity index (χ0n) is 12.5. The van der Waals surface area contributed by atoms with E-state index in [1.165, 1.54) is 11.3 Å². The average Bonchev–Trinajstić information content (AvgIpc) is 2.93. The predicted octanol–water partition coefficient (Wildman–Crippen LogP) is 3.45. The standard InChI is InChI=1S/C15H19N3O2S/c1-4-5-6-13-17-18-15(21-13)16-14(19)11-8-7-10(2)12(9-11)20-3/h7-9H,4-6H2,1-3H3,(H,16,18,19). The first-order valence-electron chi connectivity index (χ1n) is 6.92. The van der Waals surface area contributed by atoms with Crippen molar-refractivity contribution in [2.75, 3.05) is 12.4 Å². The minimum absolute atomic E-state index is 0.202. The summed E-state index contributed by atoms with van der Waals surface area (Å²) in [5.74, 6) is 0.495. The molecule has 0 spiro atoms. The summed E-state index contributed by atoms with van der Waals surface area (Å²) in [6, 6.07) is 5.36. The third kappa shape index (κ3) is 4.01. The molecule has 1 aromatic carbocycles. The number of aryl methyl sites for hydroxylation is 2. The Labute approximate surface area is 128 Å². The molecule has 0 radical (unpaired) electrons. The molecule has 21 heavy (non-hydrogen) atoms. The van der Waals surface area contributed by atoms with E-state index in [1.54, 1.807) is 19.2 Å². The Morgan fingerprint density at radius 3 is 2.90 bits per heavy atom. The number of unbranched alkanes of at least 4 members (excludes halogenated alkanes) is 1. The molecule has 0 aliphatic rings. The van der Waals surface area contributed by atoms with Crippen LogP contribution in [-0.2, 0) is 6.42 Å². The molecule has 0 saturated carbocycles. The molecule has 5 nitrogen and oxygen atoms in total. The topological polar surface area (TPSA) is 64.1 Å². The van der Waals surface area contributed by atoms with E-state index < -0.39 is 0 Å². The van der Waals surface area contributed by atoms with Crippen LogP contribution in [0.3, 0.4) is 0 Å². The normalized spacial score (nSPS) is 10.4. The molecule has 1 amide bonds. The third-order valence-corrected chi connectivity index (χ3v) is 4.00. The van der Waals surface area contributed by atoms with Crippen molar-refractivity contribution in [3.05, 3.63) is 34.3 Å². The fraction of sp³-hybridized carbons (Fsp3) is 0.400. The van der Waals surface area contributed by atoms with Crippen molar-refractivity contribution in [1.29, 1.82) is 0 Å². The number of amides is 1. The number of carbonyl (C=O) groups excluding carboxylic acids is 1. The van der Waals surface area contributed by atoms with Gasteiger partial charge in [-0.15, -0.1) is 10.2 Å². The highest BCUT2D eigenvalue weighted by Gasteiger charge is 2.11. The number of nitrogens with zero attached hydrogens (tertiary/aromatic N) is 2. The lowest BCUT2D eigenvalue weighted by molar-refractivity contribution is 0.102. The van der Waals surface area contributed by atoms with Crippen LogP contribution < -0.4 is 10.1 Å². The highest BCUT2D eigenvalue weighted by molar-refractivity contribution is 7.15. The molecule has 0 unspecified atom stereocenters. The smallest absolute Gasteiger partial charge is 0.257 e. The Bertz CT molecular complexity index is 625. The molecular formula is C15H19N3O2S. The van der Waals surface area contributed by atoms with E-state index >= 15 is 0 Å². The van der Waals surface area contributed by atoms with Crippen LogP contribution in [-0.4, -0.2) is 23.2 Å². The summed E-state index contributed by atoms with van der Waals surface area (Å²) < 4.78 is 5.23. The number of rotatable bonds is 6. The van der Waals surface area contributed by atoms with Crippen LogP contribution in [0.1, 0.15) is 40.7 Å². The van der Waals surface area contributed by atoms with E-state index in [4.69, 9.17) is 4.74 Å². The van der Waals surface area contributed by atoms with Gasteiger partial charge in [-0.3, -0.25) is 10.1 Å². The van der Waals surface area contributed by atoms with Gasteiger partial charge in [-0.1, -0.05) is 30.7 Å². The zero-order chi connectivity index (χ0) is 15.2. The van der Waals surface area contributed by atoms with Crippen molar-refractivity contribution < 1.29 is 9.53 Å². The number of aromatic nitrogens is 2. The summed E-state index contributed by atoms with van der Waals surface area (Å²) in [6.45, 7) is 4.07. The van der Waals surface area contributed by atoms with Crippen LogP contribution >= 0.6 is 11.3 Å². The largest absolute Gasteiger partial charge is 0.496 e. The molecule has 0 aliphatic carbocycles. The maximum atomic E-state index is 12.2.